The predicted molar refractivity (Wildman–Crippen MR) is 138 cm³/mol. The minimum atomic E-state index is -0.507. The number of likely N-dealkylation sites (tertiary alicyclic amines) is 1. The monoisotopic (exact) mass is 507 g/mol. The molecule has 4 aromatic rings. The van der Waals surface area contributed by atoms with Gasteiger partial charge in [-0.15, -0.1) is 5.10 Å². The molecule has 0 saturated carbocycles. The van der Waals surface area contributed by atoms with Gasteiger partial charge in [0.1, 0.15) is 16.9 Å². The van der Waals surface area contributed by atoms with Crippen LogP contribution in [0.25, 0.3) is 33.3 Å². The van der Waals surface area contributed by atoms with E-state index in [1.165, 1.54) is 0 Å². The third-order valence-corrected chi connectivity index (χ3v) is 6.40. The topological polar surface area (TPSA) is 109 Å². The molecule has 1 fully saturated rings. The summed E-state index contributed by atoms with van der Waals surface area (Å²) in [7, 11) is 3.49. The minimum absolute atomic E-state index is 0.0888. The average molecular weight is 508 g/mol. The van der Waals surface area contributed by atoms with Crippen molar-refractivity contribution in [2.45, 2.75) is 52.2 Å². The van der Waals surface area contributed by atoms with Crippen LogP contribution in [-0.2, 0) is 16.5 Å². The number of benzene rings is 1. The van der Waals surface area contributed by atoms with Crippen LogP contribution in [0.1, 0.15) is 45.2 Å². The summed E-state index contributed by atoms with van der Waals surface area (Å²) >= 11 is 0. The molecule has 4 heterocycles. The highest BCUT2D eigenvalue weighted by molar-refractivity contribution is 5.91. The Morgan fingerprint density at radius 1 is 1.14 bits per heavy atom. The number of carbonyl (C=O) groups is 1. The summed E-state index contributed by atoms with van der Waals surface area (Å²) in [6.45, 7) is 8.93. The van der Waals surface area contributed by atoms with E-state index in [1.807, 2.05) is 59.1 Å². The first-order valence-corrected chi connectivity index (χ1v) is 12.4. The van der Waals surface area contributed by atoms with Gasteiger partial charge < -0.3 is 19.1 Å². The Balaban J connectivity index is 1.41. The molecular formula is C26H33N7O4. The number of aryl methyl sites for hydroxylation is 2. The van der Waals surface area contributed by atoms with Crippen molar-refractivity contribution >= 4 is 28.2 Å². The number of aromatic nitrogens is 6. The summed E-state index contributed by atoms with van der Waals surface area (Å²) in [6, 6.07) is 5.99. The predicted octanol–water partition coefficient (Wildman–Crippen LogP) is 4.24. The van der Waals surface area contributed by atoms with Gasteiger partial charge in [-0.05, 0) is 58.7 Å². The molecule has 11 heteroatoms. The summed E-state index contributed by atoms with van der Waals surface area (Å²) in [4.78, 5) is 20.7. The number of hydrogen-bond donors (Lipinski definition) is 0. The van der Waals surface area contributed by atoms with Gasteiger partial charge in [0.2, 0.25) is 5.65 Å². The molecule has 11 nitrogen and oxygen atoms in total. The van der Waals surface area contributed by atoms with E-state index in [0.29, 0.717) is 24.5 Å². The van der Waals surface area contributed by atoms with E-state index in [0.717, 1.165) is 46.1 Å². The van der Waals surface area contributed by atoms with Crippen molar-refractivity contribution in [2.75, 3.05) is 27.0 Å². The Labute approximate surface area is 215 Å². The summed E-state index contributed by atoms with van der Waals surface area (Å²) in [6.07, 6.45) is 3.20. The van der Waals surface area contributed by atoms with Crippen LogP contribution in [0.5, 0.6) is 5.75 Å². The van der Waals surface area contributed by atoms with Crippen LogP contribution in [0.15, 0.2) is 24.4 Å². The Bertz CT molecular complexity index is 1440. The number of carbonyl (C=O) groups excluding carboxylic acids is 1. The second-order valence-electron chi connectivity index (χ2n) is 10.4. The second-order valence-corrected chi connectivity index (χ2v) is 10.4. The van der Waals surface area contributed by atoms with E-state index in [4.69, 9.17) is 24.3 Å². The van der Waals surface area contributed by atoms with E-state index >= 15 is 0 Å². The van der Waals surface area contributed by atoms with Crippen LogP contribution in [0.3, 0.4) is 0 Å². The highest BCUT2D eigenvalue weighted by Gasteiger charge is 2.29. The SMILES string of the molecule is COCOc1c(-c2ccc3nn(C4CCN(C(=O)OC(C)(C)C)CC4)nc3n2)cc2cn(C)nc2c1C. The maximum atomic E-state index is 12.4. The molecule has 1 aliphatic heterocycles. The van der Waals surface area contributed by atoms with E-state index in [2.05, 4.69) is 10.2 Å². The number of pyridine rings is 1. The lowest BCUT2D eigenvalue weighted by Gasteiger charge is -2.32. The molecule has 37 heavy (non-hydrogen) atoms. The molecule has 0 N–H and O–H groups in total. The molecule has 0 atom stereocenters. The fraction of sp³-hybridized carbons (Fsp3) is 0.500. The van der Waals surface area contributed by atoms with Crippen LogP contribution in [0.2, 0.25) is 0 Å². The number of nitrogens with zero attached hydrogens (tertiary/aromatic N) is 7. The Kier molecular flexibility index (Phi) is 6.49. The zero-order valence-corrected chi connectivity index (χ0v) is 22.2. The van der Waals surface area contributed by atoms with Gasteiger partial charge in [0.25, 0.3) is 0 Å². The van der Waals surface area contributed by atoms with E-state index < -0.39 is 5.60 Å². The maximum absolute atomic E-state index is 12.4. The number of methoxy groups -OCH3 is 1. The molecule has 1 amide bonds. The van der Waals surface area contributed by atoms with Gasteiger partial charge in [-0.2, -0.15) is 15.0 Å². The van der Waals surface area contributed by atoms with E-state index in [1.54, 1.807) is 21.5 Å². The summed E-state index contributed by atoms with van der Waals surface area (Å²) in [5.41, 5.74) is 4.16. The molecule has 1 aromatic carbocycles. The van der Waals surface area contributed by atoms with Crippen LogP contribution < -0.4 is 4.74 Å². The first kappa shape index (κ1) is 24.9. The van der Waals surface area contributed by atoms with Crippen molar-refractivity contribution in [1.82, 2.24) is 34.7 Å². The van der Waals surface area contributed by atoms with Crippen molar-refractivity contribution in [3.8, 4) is 17.0 Å². The molecule has 0 bridgehead atoms. The molecule has 5 rings (SSSR count). The molecule has 3 aromatic heterocycles. The molecule has 0 radical (unpaired) electrons. The average Bonchev–Trinajstić information content (AvgIpc) is 3.45. The van der Waals surface area contributed by atoms with Crippen molar-refractivity contribution in [3.63, 3.8) is 0 Å². The van der Waals surface area contributed by atoms with Gasteiger partial charge in [-0.3, -0.25) is 4.68 Å². The first-order chi connectivity index (χ1) is 17.6. The van der Waals surface area contributed by atoms with E-state index in [9.17, 15) is 4.79 Å². The van der Waals surface area contributed by atoms with Gasteiger partial charge in [0.15, 0.2) is 6.79 Å². The van der Waals surface area contributed by atoms with Crippen molar-refractivity contribution in [2.24, 2.45) is 7.05 Å². The zero-order chi connectivity index (χ0) is 26.3. The number of hydrogen-bond acceptors (Lipinski definition) is 8. The Morgan fingerprint density at radius 3 is 2.59 bits per heavy atom. The van der Waals surface area contributed by atoms with Crippen molar-refractivity contribution < 1.29 is 19.0 Å². The number of fused-ring (bicyclic) bond motifs is 2. The number of ether oxygens (including phenoxy) is 3. The van der Waals surface area contributed by atoms with Crippen molar-refractivity contribution in [3.05, 3.63) is 30.0 Å². The fourth-order valence-corrected chi connectivity index (χ4v) is 4.67. The van der Waals surface area contributed by atoms with Crippen LogP contribution in [-0.4, -0.2) is 73.3 Å². The third-order valence-electron chi connectivity index (χ3n) is 6.40. The molecule has 1 saturated heterocycles. The third kappa shape index (κ3) is 5.08. The van der Waals surface area contributed by atoms with Gasteiger partial charge in [0.05, 0.1) is 17.3 Å². The zero-order valence-electron chi connectivity index (χ0n) is 22.2. The normalized spacial score (nSPS) is 15.0. The lowest BCUT2D eigenvalue weighted by molar-refractivity contribution is 0.0180. The van der Waals surface area contributed by atoms with Crippen LogP contribution in [0, 0.1) is 6.92 Å². The van der Waals surface area contributed by atoms with Gasteiger partial charge in [-0.1, -0.05) is 0 Å². The highest BCUT2D eigenvalue weighted by atomic mass is 16.7. The Hall–Kier alpha value is -3.73. The summed E-state index contributed by atoms with van der Waals surface area (Å²) in [5.74, 6) is 0.682. The smallest absolute Gasteiger partial charge is 0.410 e. The van der Waals surface area contributed by atoms with Gasteiger partial charge >= 0.3 is 6.09 Å². The Morgan fingerprint density at radius 2 is 1.89 bits per heavy atom. The quantitative estimate of drug-likeness (QED) is 0.369. The van der Waals surface area contributed by atoms with E-state index in [-0.39, 0.29) is 18.9 Å². The minimum Gasteiger partial charge on any atom is -0.466 e. The van der Waals surface area contributed by atoms with Gasteiger partial charge in [-0.25, -0.2) is 9.78 Å². The fourth-order valence-electron chi connectivity index (χ4n) is 4.67. The largest absolute Gasteiger partial charge is 0.466 e. The standard InChI is InChI=1S/C26H33N7O4/c1-16-22-17(14-31(5)29-22)13-19(23(16)36-15-35-6)20-7-8-21-24(27-20)30-33(28-21)18-9-11-32(12-10-18)25(34)37-26(2,3)4/h7-8,13-14,18H,9-12,15H2,1-6H3. The van der Waals surface area contributed by atoms with Crippen LogP contribution >= 0.6 is 0 Å². The number of rotatable bonds is 5. The summed E-state index contributed by atoms with van der Waals surface area (Å²) in [5, 5.41) is 15.0. The molecular weight excluding hydrogens is 474 g/mol. The van der Waals surface area contributed by atoms with Crippen LogP contribution in [0.4, 0.5) is 4.79 Å². The number of amides is 1. The lowest BCUT2D eigenvalue weighted by atomic mass is 10.0. The van der Waals surface area contributed by atoms with Gasteiger partial charge in [0, 0.05) is 50.0 Å². The molecule has 196 valence electrons. The second kappa shape index (κ2) is 9.62. The first-order valence-electron chi connectivity index (χ1n) is 12.4. The lowest BCUT2D eigenvalue weighted by Crippen LogP contribution is -2.42. The summed E-state index contributed by atoms with van der Waals surface area (Å²) < 4.78 is 18.4. The highest BCUT2D eigenvalue weighted by Crippen LogP contribution is 2.37. The maximum Gasteiger partial charge on any atom is 0.410 e. The molecule has 0 spiro atoms. The molecule has 0 aliphatic carbocycles. The molecule has 1 aliphatic rings. The molecule has 0 unspecified atom stereocenters. The number of piperidine rings is 1. The van der Waals surface area contributed by atoms with Crippen molar-refractivity contribution in [1.29, 1.82) is 0 Å².